The topological polar surface area (TPSA) is 49.4 Å². The van der Waals surface area contributed by atoms with Crippen molar-refractivity contribution in [2.75, 3.05) is 17.3 Å². The Bertz CT molecular complexity index is 1030. The van der Waals surface area contributed by atoms with Crippen LogP contribution in [-0.2, 0) is 11.2 Å². The average molecular weight is 415 g/mol. The van der Waals surface area contributed by atoms with Gasteiger partial charge in [0.25, 0.3) is 5.91 Å². The summed E-state index contributed by atoms with van der Waals surface area (Å²) < 4.78 is 0. The molecule has 3 aromatic rings. The molecule has 0 aromatic heterocycles. The van der Waals surface area contributed by atoms with Crippen LogP contribution in [0.5, 0.6) is 0 Å². The third-order valence-electron chi connectivity index (χ3n) is 5.34. The SMILES string of the molecule is CC(C)Cc1ccc(C(C)C(=O)Nc2cccc(C(=O)N(C)c3ccccc3)c2)cc1. The third-order valence-corrected chi connectivity index (χ3v) is 5.34. The number of hydrogen-bond acceptors (Lipinski definition) is 2. The molecule has 0 saturated carbocycles. The molecule has 0 spiro atoms. The lowest BCUT2D eigenvalue weighted by Crippen LogP contribution is -2.26. The predicted octanol–water partition coefficient (Wildman–Crippen LogP) is 5.90. The number of nitrogens with one attached hydrogen (secondary N) is 1. The van der Waals surface area contributed by atoms with Crippen LogP contribution in [0.2, 0.25) is 0 Å². The van der Waals surface area contributed by atoms with Crippen molar-refractivity contribution in [3.63, 3.8) is 0 Å². The van der Waals surface area contributed by atoms with Crippen molar-refractivity contribution in [3.8, 4) is 0 Å². The summed E-state index contributed by atoms with van der Waals surface area (Å²) >= 11 is 0. The molecule has 160 valence electrons. The van der Waals surface area contributed by atoms with Gasteiger partial charge >= 0.3 is 0 Å². The predicted molar refractivity (Wildman–Crippen MR) is 128 cm³/mol. The fourth-order valence-corrected chi connectivity index (χ4v) is 3.51. The molecule has 31 heavy (non-hydrogen) atoms. The van der Waals surface area contributed by atoms with E-state index >= 15 is 0 Å². The molecule has 2 amide bonds. The van der Waals surface area contributed by atoms with Crippen LogP contribution in [0.1, 0.15) is 48.2 Å². The highest BCUT2D eigenvalue weighted by Gasteiger charge is 2.17. The van der Waals surface area contributed by atoms with E-state index in [1.165, 1.54) is 5.56 Å². The van der Waals surface area contributed by atoms with Crippen LogP contribution >= 0.6 is 0 Å². The Balaban J connectivity index is 1.68. The number of nitrogens with zero attached hydrogens (tertiary/aromatic N) is 1. The highest BCUT2D eigenvalue weighted by molar-refractivity contribution is 6.06. The largest absolute Gasteiger partial charge is 0.326 e. The van der Waals surface area contributed by atoms with Crippen LogP contribution < -0.4 is 10.2 Å². The van der Waals surface area contributed by atoms with Crippen LogP contribution in [0.3, 0.4) is 0 Å². The number of hydrogen-bond donors (Lipinski definition) is 1. The molecule has 0 fully saturated rings. The molecule has 0 aliphatic heterocycles. The second-order valence-electron chi connectivity index (χ2n) is 8.33. The zero-order valence-corrected chi connectivity index (χ0v) is 18.6. The van der Waals surface area contributed by atoms with Gasteiger partial charge in [-0.25, -0.2) is 0 Å². The maximum Gasteiger partial charge on any atom is 0.258 e. The lowest BCUT2D eigenvalue weighted by Gasteiger charge is -2.18. The summed E-state index contributed by atoms with van der Waals surface area (Å²) in [5, 5.41) is 2.95. The second kappa shape index (κ2) is 10.1. The summed E-state index contributed by atoms with van der Waals surface area (Å²) in [5.74, 6) is 0.0793. The van der Waals surface area contributed by atoms with Gasteiger partial charge in [-0.2, -0.15) is 0 Å². The van der Waals surface area contributed by atoms with Gasteiger partial charge in [-0.3, -0.25) is 9.59 Å². The average Bonchev–Trinajstić information content (AvgIpc) is 2.78. The highest BCUT2D eigenvalue weighted by Crippen LogP contribution is 2.21. The molecule has 0 bridgehead atoms. The molecular weight excluding hydrogens is 384 g/mol. The van der Waals surface area contributed by atoms with E-state index in [4.69, 9.17) is 0 Å². The van der Waals surface area contributed by atoms with Crippen molar-refractivity contribution in [2.45, 2.75) is 33.1 Å². The number of carbonyl (C=O) groups excluding carboxylic acids is 2. The van der Waals surface area contributed by atoms with Crippen molar-refractivity contribution in [3.05, 3.63) is 95.6 Å². The van der Waals surface area contributed by atoms with Crippen LogP contribution in [0, 0.1) is 5.92 Å². The summed E-state index contributed by atoms with van der Waals surface area (Å²) in [7, 11) is 1.74. The smallest absolute Gasteiger partial charge is 0.258 e. The highest BCUT2D eigenvalue weighted by atomic mass is 16.2. The molecule has 3 rings (SSSR count). The molecule has 0 aliphatic rings. The van der Waals surface area contributed by atoms with Gasteiger partial charge in [0.05, 0.1) is 5.92 Å². The Kier molecular flexibility index (Phi) is 7.24. The van der Waals surface area contributed by atoms with Crippen LogP contribution in [0.25, 0.3) is 0 Å². The van der Waals surface area contributed by atoms with Gasteiger partial charge in [-0.15, -0.1) is 0 Å². The van der Waals surface area contributed by atoms with Crippen molar-refractivity contribution in [2.24, 2.45) is 5.92 Å². The minimum absolute atomic E-state index is 0.0994. The first kappa shape index (κ1) is 22.3. The normalized spacial score (nSPS) is 11.8. The number of para-hydroxylation sites is 1. The van der Waals surface area contributed by atoms with E-state index in [1.54, 1.807) is 36.2 Å². The summed E-state index contributed by atoms with van der Waals surface area (Å²) in [4.78, 5) is 27.3. The lowest BCUT2D eigenvalue weighted by molar-refractivity contribution is -0.117. The van der Waals surface area contributed by atoms with E-state index < -0.39 is 0 Å². The number of benzene rings is 3. The Hall–Kier alpha value is -3.40. The number of rotatable bonds is 7. The minimum Gasteiger partial charge on any atom is -0.326 e. The van der Waals surface area contributed by atoms with Gasteiger partial charge < -0.3 is 10.2 Å². The monoisotopic (exact) mass is 414 g/mol. The first-order chi connectivity index (χ1) is 14.8. The van der Waals surface area contributed by atoms with E-state index in [9.17, 15) is 9.59 Å². The zero-order chi connectivity index (χ0) is 22.4. The van der Waals surface area contributed by atoms with E-state index in [0.29, 0.717) is 17.2 Å². The van der Waals surface area contributed by atoms with Crippen LogP contribution in [0.15, 0.2) is 78.9 Å². The van der Waals surface area contributed by atoms with Crippen molar-refractivity contribution < 1.29 is 9.59 Å². The number of anilines is 2. The molecule has 3 aromatic carbocycles. The molecule has 1 atom stereocenters. The second-order valence-corrected chi connectivity index (χ2v) is 8.33. The fourth-order valence-electron chi connectivity index (χ4n) is 3.51. The Labute approximate surface area is 184 Å². The minimum atomic E-state index is -0.292. The molecule has 0 radical (unpaired) electrons. The Morgan fingerprint density at radius 3 is 2.19 bits per heavy atom. The molecule has 4 nitrogen and oxygen atoms in total. The molecule has 0 aliphatic carbocycles. The Morgan fingerprint density at radius 2 is 1.55 bits per heavy atom. The van der Waals surface area contributed by atoms with Crippen molar-refractivity contribution in [1.29, 1.82) is 0 Å². The van der Waals surface area contributed by atoms with E-state index in [1.807, 2.05) is 49.4 Å². The molecule has 4 heteroatoms. The van der Waals surface area contributed by atoms with E-state index in [-0.39, 0.29) is 17.7 Å². The quantitative estimate of drug-likeness (QED) is 0.523. The summed E-state index contributed by atoms with van der Waals surface area (Å²) in [6, 6.07) is 24.8. The van der Waals surface area contributed by atoms with Gasteiger partial charge in [0, 0.05) is 24.0 Å². The molecular formula is C27H30N2O2. The third kappa shape index (κ3) is 5.82. The fraction of sp³-hybridized carbons (Fsp3) is 0.259. The standard InChI is InChI=1S/C27H30N2O2/c1-19(2)17-21-13-15-22(16-14-21)20(3)26(30)28-24-10-8-9-23(18-24)27(31)29(4)25-11-6-5-7-12-25/h5-16,18-20H,17H2,1-4H3,(H,28,30). The summed E-state index contributed by atoms with van der Waals surface area (Å²) in [6.07, 6.45) is 1.03. The van der Waals surface area contributed by atoms with Gasteiger partial charge in [-0.1, -0.05) is 62.4 Å². The maximum atomic E-state index is 12.9. The van der Waals surface area contributed by atoms with Crippen molar-refractivity contribution in [1.82, 2.24) is 0 Å². The first-order valence-electron chi connectivity index (χ1n) is 10.7. The van der Waals surface area contributed by atoms with Crippen LogP contribution in [0.4, 0.5) is 11.4 Å². The van der Waals surface area contributed by atoms with E-state index in [2.05, 4.69) is 31.3 Å². The van der Waals surface area contributed by atoms with Gasteiger partial charge in [0.15, 0.2) is 0 Å². The van der Waals surface area contributed by atoms with E-state index in [0.717, 1.165) is 17.7 Å². The van der Waals surface area contributed by atoms with Crippen molar-refractivity contribution >= 4 is 23.2 Å². The number of carbonyl (C=O) groups is 2. The maximum absolute atomic E-state index is 12.9. The summed E-state index contributed by atoms with van der Waals surface area (Å²) in [6.45, 7) is 6.28. The lowest BCUT2D eigenvalue weighted by atomic mass is 9.96. The van der Waals surface area contributed by atoms with Gasteiger partial charge in [0.1, 0.15) is 0 Å². The number of amides is 2. The van der Waals surface area contributed by atoms with Crippen LogP contribution in [-0.4, -0.2) is 18.9 Å². The van der Waals surface area contributed by atoms with Gasteiger partial charge in [0.2, 0.25) is 5.91 Å². The summed E-state index contributed by atoms with van der Waals surface area (Å²) in [5.41, 5.74) is 4.20. The Morgan fingerprint density at radius 1 is 0.871 bits per heavy atom. The molecule has 1 unspecified atom stereocenters. The molecule has 1 N–H and O–H groups in total. The molecule has 0 saturated heterocycles. The zero-order valence-electron chi connectivity index (χ0n) is 18.6. The molecule has 0 heterocycles. The van der Waals surface area contributed by atoms with Gasteiger partial charge in [-0.05, 0) is 60.7 Å². The first-order valence-corrected chi connectivity index (χ1v) is 10.7.